The molecule has 0 N–H and O–H groups in total. The van der Waals surface area contributed by atoms with E-state index in [1.54, 1.807) is 0 Å². The maximum Gasteiger partial charge on any atom is 0.306 e. The number of carbonyl (C=O) groups is 3. The fourth-order valence-electron chi connectivity index (χ4n) is 8.12. The van der Waals surface area contributed by atoms with Gasteiger partial charge in [-0.05, 0) is 77.0 Å². The molecule has 374 valence electrons. The zero-order valence-corrected chi connectivity index (χ0v) is 42.8. The number of allylic oxidation sites excluding steroid dienone is 6. The van der Waals surface area contributed by atoms with E-state index < -0.39 is 6.10 Å². The van der Waals surface area contributed by atoms with Crippen molar-refractivity contribution >= 4 is 17.9 Å². The third kappa shape index (κ3) is 50.6. The second-order valence-electron chi connectivity index (χ2n) is 18.8. The molecule has 1 unspecified atom stereocenters. The molecule has 0 saturated heterocycles. The van der Waals surface area contributed by atoms with E-state index in [0.29, 0.717) is 19.3 Å². The number of ether oxygens (including phenoxy) is 3. The lowest BCUT2D eigenvalue weighted by molar-refractivity contribution is -0.167. The van der Waals surface area contributed by atoms with E-state index in [2.05, 4.69) is 57.2 Å². The van der Waals surface area contributed by atoms with Gasteiger partial charge >= 0.3 is 17.9 Å². The lowest BCUT2D eigenvalue weighted by atomic mass is 10.0. The van der Waals surface area contributed by atoms with Crippen LogP contribution in [0.3, 0.4) is 0 Å². The summed E-state index contributed by atoms with van der Waals surface area (Å²) >= 11 is 0. The molecule has 64 heavy (non-hydrogen) atoms. The van der Waals surface area contributed by atoms with E-state index in [1.165, 1.54) is 186 Å². The lowest BCUT2D eigenvalue weighted by Crippen LogP contribution is -2.30. The van der Waals surface area contributed by atoms with Gasteiger partial charge in [-0.15, -0.1) is 0 Å². The third-order valence-corrected chi connectivity index (χ3v) is 12.4. The largest absolute Gasteiger partial charge is 0.462 e. The van der Waals surface area contributed by atoms with Crippen LogP contribution in [0.5, 0.6) is 0 Å². The van der Waals surface area contributed by atoms with E-state index in [9.17, 15) is 14.4 Å². The molecular weight excluding hydrogens is 793 g/mol. The van der Waals surface area contributed by atoms with Crippen LogP contribution >= 0.6 is 0 Å². The quantitative estimate of drug-likeness (QED) is 0.0262. The summed E-state index contributed by atoms with van der Waals surface area (Å²) in [4.78, 5) is 37.8. The van der Waals surface area contributed by atoms with Crippen LogP contribution in [0.15, 0.2) is 36.5 Å². The van der Waals surface area contributed by atoms with Crippen molar-refractivity contribution in [3.05, 3.63) is 36.5 Å². The molecule has 0 bridgehead atoms. The van der Waals surface area contributed by atoms with Crippen molar-refractivity contribution in [2.75, 3.05) is 13.2 Å². The molecule has 0 radical (unpaired) electrons. The van der Waals surface area contributed by atoms with Crippen molar-refractivity contribution in [2.24, 2.45) is 0 Å². The Labute approximate surface area is 397 Å². The van der Waals surface area contributed by atoms with Gasteiger partial charge < -0.3 is 14.2 Å². The molecule has 0 aromatic heterocycles. The first kappa shape index (κ1) is 61.6. The number of carbonyl (C=O) groups excluding carboxylic acids is 3. The van der Waals surface area contributed by atoms with Crippen LogP contribution in [0.2, 0.25) is 0 Å². The van der Waals surface area contributed by atoms with Gasteiger partial charge in [-0.3, -0.25) is 14.4 Å². The summed E-state index contributed by atoms with van der Waals surface area (Å²) in [6.45, 7) is 6.58. The van der Waals surface area contributed by atoms with Crippen LogP contribution in [0.25, 0.3) is 0 Å². The molecule has 0 aromatic carbocycles. The number of unbranched alkanes of at least 4 members (excludes halogenated alkanes) is 34. The zero-order chi connectivity index (χ0) is 46.5. The highest BCUT2D eigenvalue weighted by molar-refractivity contribution is 5.71. The SMILES string of the molecule is CCCCCCC/C=C\C/C=C\CCCCCCCCCCCCCCCC(=O)OCC(COC(=O)CCCCCCCC)OC(=O)CCCCCCC/C=C\CCCCCCCC. The molecule has 0 fully saturated rings. The van der Waals surface area contributed by atoms with Crippen molar-refractivity contribution in [2.45, 2.75) is 303 Å². The maximum absolute atomic E-state index is 12.8. The van der Waals surface area contributed by atoms with Gasteiger partial charge in [-0.2, -0.15) is 0 Å². The highest BCUT2D eigenvalue weighted by Crippen LogP contribution is 2.16. The van der Waals surface area contributed by atoms with Crippen molar-refractivity contribution in [3.63, 3.8) is 0 Å². The van der Waals surface area contributed by atoms with Crippen LogP contribution in [-0.2, 0) is 28.6 Å². The molecule has 6 nitrogen and oxygen atoms in total. The topological polar surface area (TPSA) is 78.9 Å². The van der Waals surface area contributed by atoms with Gasteiger partial charge in [0.1, 0.15) is 13.2 Å². The lowest BCUT2D eigenvalue weighted by Gasteiger charge is -2.18. The number of hydrogen-bond acceptors (Lipinski definition) is 6. The van der Waals surface area contributed by atoms with Crippen molar-refractivity contribution in [1.29, 1.82) is 0 Å². The molecule has 0 amide bonds. The summed E-state index contributed by atoms with van der Waals surface area (Å²) < 4.78 is 16.7. The molecule has 0 aromatic rings. The van der Waals surface area contributed by atoms with Crippen LogP contribution in [0.4, 0.5) is 0 Å². The molecule has 0 aliphatic carbocycles. The highest BCUT2D eigenvalue weighted by atomic mass is 16.6. The summed E-state index contributed by atoms with van der Waals surface area (Å²) in [7, 11) is 0. The summed E-state index contributed by atoms with van der Waals surface area (Å²) in [5.74, 6) is -0.881. The van der Waals surface area contributed by atoms with E-state index >= 15 is 0 Å². The fourth-order valence-corrected chi connectivity index (χ4v) is 8.12. The molecule has 6 heteroatoms. The first-order chi connectivity index (χ1) is 31.5. The van der Waals surface area contributed by atoms with Gasteiger partial charge in [0.05, 0.1) is 0 Å². The monoisotopic (exact) mass is 899 g/mol. The van der Waals surface area contributed by atoms with Crippen molar-refractivity contribution < 1.29 is 28.6 Å². The molecule has 1 atom stereocenters. The molecule has 0 rings (SSSR count). The van der Waals surface area contributed by atoms with E-state index in [1.807, 2.05) is 0 Å². The molecule has 0 saturated carbocycles. The minimum atomic E-state index is -0.771. The number of hydrogen-bond donors (Lipinski definition) is 0. The zero-order valence-electron chi connectivity index (χ0n) is 42.8. The Hall–Kier alpha value is -2.37. The van der Waals surface area contributed by atoms with E-state index in [-0.39, 0.29) is 31.1 Å². The van der Waals surface area contributed by atoms with Crippen LogP contribution in [-0.4, -0.2) is 37.2 Å². The molecular formula is C58H106O6. The average molecular weight is 899 g/mol. The first-order valence-electron chi connectivity index (χ1n) is 28.0. The Morgan fingerprint density at radius 2 is 0.562 bits per heavy atom. The third-order valence-electron chi connectivity index (χ3n) is 12.4. The predicted molar refractivity (Wildman–Crippen MR) is 275 cm³/mol. The fraction of sp³-hybridized carbons (Fsp3) is 0.845. The molecule has 0 aliphatic rings. The Morgan fingerprint density at radius 1 is 0.312 bits per heavy atom. The Balaban J connectivity index is 4.09. The first-order valence-corrected chi connectivity index (χ1v) is 28.0. The number of esters is 3. The summed E-state index contributed by atoms with van der Waals surface area (Å²) in [6, 6.07) is 0. The normalized spacial score (nSPS) is 12.2. The molecule has 0 spiro atoms. The van der Waals surface area contributed by atoms with Crippen LogP contribution in [0, 0.1) is 0 Å². The maximum atomic E-state index is 12.8. The smallest absolute Gasteiger partial charge is 0.306 e. The second kappa shape index (κ2) is 53.2. The van der Waals surface area contributed by atoms with E-state index in [4.69, 9.17) is 14.2 Å². The molecule has 0 aliphatic heterocycles. The summed E-state index contributed by atoms with van der Waals surface area (Å²) in [5, 5.41) is 0. The molecule has 0 heterocycles. The predicted octanol–water partition coefficient (Wildman–Crippen LogP) is 18.5. The highest BCUT2D eigenvalue weighted by Gasteiger charge is 2.19. The van der Waals surface area contributed by atoms with Gasteiger partial charge in [0.2, 0.25) is 0 Å². The minimum Gasteiger partial charge on any atom is -0.462 e. The summed E-state index contributed by atoms with van der Waals surface area (Å²) in [6.07, 6.45) is 63.1. The van der Waals surface area contributed by atoms with Crippen molar-refractivity contribution in [3.8, 4) is 0 Å². The summed E-state index contributed by atoms with van der Waals surface area (Å²) in [5.41, 5.74) is 0. The Bertz CT molecular complexity index is 1080. The number of rotatable bonds is 51. The van der Waals surface area contributed by atoms with Gasteiger partial charge in [0.25, 0.3) is 0 Å². The Morgan fingerprint density at radius 3 is 0.875 bits per heavy atom. The van der Waals surface area contributed by atoms with Crippen LogP contribution < -0.4 is 0 Å². The van der Waals surface area contributed by atoms with E-state index in [0.717, 1.165) is 70.6 Å². The van der Waals surface area contributed by atoms with Gasteiger partial charge in [0.15, 0.2) is 6.10 Å². The van der Waals surface area contributed by atoms with Crippen LogP contribution in [0.1, 0.15) is 297 Å². The van der Waals surface area contributed by atoms with Gasteiger partial charge in [0, 0.05) is 19.3 Å². The van der Waals surface area contributed by atoms with Crippen molar-refractivity contribution in [1.82, 2.24) is 0 Å². The van der Waals surface area contributed by atoms with Gasteiger partial charge in [-0.1, -0.05) is 237 Å². The second-order valence-corrected chi connectivity index (χ2v) is 18.8. The average Bonchev–Trinajstić information content (AvgIpc) is 3.29. The van der Waals surface area contributed by atoms with Gasteiger partial charge in [-0.25, -0.2) is 0 Å². The standard InChI is InChI=1S/C58H106O6/c1-4-7-10-13-16-18-20-22-24-25-26-27-28-29-30-31-32-33-35-36-38-40-42-45-48-51-57(60)63-54-55(53-62-56(59)50-47-44-15-12-9-6-3)64-58(61)52-49-46-43-41-39-37-34-23-21-19-17-14-11-8-5-2/h20,22-23,25-26,34,55H,4-19,21,24,27-33,35-54H2,1-3H3/b22-20-,26-25-,34-23-. The minimum absolute atomic E-state index is 0.0734. The Kier molecular flexibility index (Phi) is 51.3.